The van der Waals surface area contributed by atoms with Gasteiger partial charge in [-0.05, 0) is 19.4 Å². The molecule has 0 atom stereocenters. The fraction of sp³-hybridized carbons (Fsp3) is 0.800. The van der Waals surface area contributed by atoms with Crippen molar-refractivity contribution in [2.75, 3.05) is 33.4 Å². The van der Waals surface area contributed by atoms with Crippen LogP contribution in [-0.4, -0.2) is 39.3 Å². The summed E-state index contributed by atoms with van der Waals surface area (Å²) < 4.78 is 4.80. The van der Waals surface area contributed by atoms with Gasteiger partial charge in [0.2, 0.25) is 5.91 Å². The van der Waals surface area contributed by atoms with E-state index in [1.165, 1.54) is 0 Å². The van der Waals surface area contributed by atoms with Gasteiger partial charge in [-0.2, -0.15) is 5.26 Å². The number of nitriles is 1. The van der Waals surface area contributed by atoms with E-state index < -0.39 is 0 Å². The molecule has 1 amide bonds. The van der Waals surface area contributed by atoms with E-state index in [1.54, 1.807) is 7.11 Å². The van der Waals surface area contributed by atoms with Crippen molar-refractivity contribution in [3.8, 4) is 6.07 Å². The molecule has 2 N–H and O–H groups in total. The molecule has 0 saturated heterocycles. The van der Waals surface area contributed by atoms with Crippen molar-refractivity contribution in [3.05, 3.63) is 0 Å². The van der Waals surface area contributed by atoms with E-state index in [9.17, 15) is 4.79 Å². The Balaban J connectivity index is 3.14. The van der Waals surface area contributed by atoms with Gasteiger partial charge < -0.3 is 15.4 Å². The Labute approximate surface area is 90.8 Å². The number of unbranched alkanes of at least 4 members (excludes halogenated alkanes) is 2. The summed E-state index contributed by atoms with van der Waals surface area (Å²) >= 11 is 0. The predicted octanol–water partition coefficient (Wildman–Crippen LogP) is 0.0325. The molecule has 0 rings (SSSR count). The third kappa shape index (κ3) is 10.8. The molecule has 0 aromatic heterocycles. The van der Waals surface area contributed by atoms with Gasteiger partial charge in [0.25, 0.3) is 0 Å². The molecule has 0 aliphatic rings. The number of hydrogen-bond acceptors (Lipinski definition) is 4. The second-order valence-electron chi connectivity index (χ2n) is 3.13. The maximum atomic E-state index is 11.1. The fourth-order valence-corrected chi connectivity index (χ4v) is 1.01. The largest absolute Gasteiger partial charge is 0.383 e. The van der Waals surface area contributed by atoms with Gasteiger partial charge in [-0.25, -0.2) is 0 Å². The summed E-state index contributed by atoms with van der Waals surface area (Å²) in [6.45, 7) is 2.19. The van der Waals surface area contributed by atoms with Gasteiger partial charge in [-0.3, -0.25) is 4.79 Å². The Morgan fingerprint density at radius 1 is 1.40 bits per heavy atom. The van der Waals surface area contributed by atoms with E-state index in [2.05, 4.69) is 16.7 Å². The van der Waals surface area contributed by atoms with Crippen molar-refractivity contribution >= 4 is 5.91 Å². The lowest BCUT2D eigenvalue weighted by atomic mass is 10.2. The molecule has 0 fully saturated rings. The summed E-state index contributed by atoms with van der Waals surface area (Å²) in [5, 5.41) is 14.0. The van der Waals surface area contributed by atoms with Crippen molar-refractivity contribution in [2.45, 2.75) is 19.3 Å². The first-order chi connectivity index (χ1) is 7.31. The Morgan fingerprint density at radius 2 is 2.20 bits per heavy atom. The number of nitrogens with one attached hydrogen (secondary N) is 2. The first kappa shape index (κ1) is 13.9. The maximum absolute atomic E-state index is 11.1. The summed E-state index contributed by atoms with van der Waals surface area (Å²) in [7, 11) is 1.60. The first-order valence-corrected chi connectivity index (χ1v) is 5.14. The minimum atomic E-state index is -0.0210. The predicted molar refractivity (Wildman–Crippen MR) is 57.2 cm³/mol. The van der Waals surface area contributed by atoms with Gasteiger partial charge in [0.15, 0.2) is 0 Å². The monoisotopic (exact) mass is 213 g/mol. The van der Waals surface area contributed by atoms with Crippen LogP contribution in [0.3, 0.4) is 0 Å². The minimum Gasteiger partial charge on any atom is -0.383 e. The lowest BCUT2D eigenvalue weighted by molar-refractivity contribution is -0.120. The summed E-state index contributed by atoms with van der Waals surface area (Å²) in [4.78, 5) is 11.1. The van der Waals surface area contributed by atoms with Crippen LogP contribution in [0.4, 0.5) is 0 Å². The van der Waals surface area contributed by atoms with Gasteiger partial charge >= 0.3 is 0 Å². The van der Waals surface area contributed by atoms with Crippen molar-refractivity contribution in [2.24, 2.45) is 0 Å². The molecule has 0 heterocycles. The minimum absolute atomic E-state index is 0.0210. The van der Waals surface area contributed by atoms with Crippen molar-refractivity contribution in [1.29, 1.82) is 5.26 Å². The van der Waals surface area contributed by atoms with E-state index in [0.29, 0.717) is 26.1 Å². The molecule has 5 nitrogen and oxygen atoms in total. The number of ether oxygens (including phenoxy) is 1. The van der Waals surface area contributed by atoms with E-state index >= 15 is 0 Å². The van der Waals surface area contributed by atoms with Crippen molar-refractivity contribution < 1.29 is 9.53 Å². The number of hydrogen-bond donors (Lipinski definition) is 2. The Kier molecular flexibility index (Phi) is 10.1. The van der Waals surface area contributed by atoms with Gasteiger partial charge in [-0.1, -0.05) is 0 Å². The molecule has 0 saturated carbocycles. The average molecular weight is 213 g/mol. The molecule has 0 unspecified atom stereocenters. The molecule has 0 bridgehead atoms. The van der Waals surface area contributed by atoms with Gasteiger partial charge in [0.1, 0.15) is 0 Å². The van der Waals surface area contributed by atoms with Crippen LogP contribution in [0, 0.1) is 11.3 Å². The Bertz CT molecular complexity index is 201. The van der Waals surface area contributed by atoms with Crippen molar-refractivity contribution in [1.82, 2.24) is 10.6 Å². The van der Waals surface area contributed by atoms with Crippen LogP contribution in [0.2, 0.25) is 0 Å². The van der Waals surface area contributed by atoms with E-state index in [4.69, 9.17) is 10.00 Å². The van der Waals surface area contributed by atoms with Crippen LogP contribution in [0.25, 0.3) is 0 Å². The van der Waals surface area contributed by atoms with Gasteiger partial charge in [-0.15, -0.1) is 0 Å². The number of rotatable bonds is 9. The average Bonchev–Trinajstić information content (AvgIpc) is 2.23. The highest BCUT2D eigenvalue weighted by Gasteiger charge is 1.98. The number of carbonyl (C=O) groups excluding carboxylic acids is 1. The molecule has 86 valence electrons. The summed E-state index contributed by atoms with van der Waals surface area (Å²) in [5.41, 5.74) is 0. The SMILES string of the molecule is COCCNC(=O)CNCCCCC#N. The van der Waals surface area contributed by atoms with E-state index in [-0.39, 0.29) is 5.91 Å². The number of nitrogens with zero attached hydrogens (tertiary/aromatic N) is 1. The van der Waals surface area contributed by atoms with Crippen LogP contribution < -0.4 is 10.6 Å². The molecule has 0 aromatic carbocycles. The van der Waals surface area contributed by atoms with Crippen LogP contribution in [0.15, 0.2) is 0 Å². The summed E-state index contributed by atoms with van der Waals surface area (Å²) in [5.74, 6) is -0.0210. The molecule has 0 spiro atoms. The number of carbonyl (C=O) groups is 1. The number of methoxy groups -OCH3 is 1. The smallest absolute Gasteiger partial charge is 0.234 e. The fourth-order valence-electron chi connectivity index (χ4n) is 1.01. The van der Waals surface area contributed by atoms with Crippen LogP contribution >= 0.6 is 0 Å². The molecular formula is C10H19N3O2. The van der Waals surface area contributed by atoms with Crippen molar-refractivity contribution in [3.63, 3.8) is 0 Å². The highest BCUT2D eigenvalue weighted by Crippen LogP contribution is 1.90. The second-order valence-corrected chi connectivity index (χ2v) is 3.13. The zero-order chi connectivity index (χ0) is 11.4. The highest BCUT2D eigenvalue weighted by atomic mass is 16.5. The second kappa shape index (κ2) is 11.0. The van der Waals surface area contributed by atoms with Crippen LogP contribution in [0.1, 0.15) is 19.3 Å². The zero-order valence-electron chi connectivity index (χ0n) is 9.21. The van der Waals surface area contributed by atoms with E-state index in [0.717, 1.165) is 19.4 Å². The van der Waals surface area contributed by atoms with E-state index in [1.807, 2.05) is 0 Å². The Hall–Kier alpha value is -1.12. The molecular weight excluding hydrogens is 194 g/mol. The maximum Gasteiger partial charge on any atom is 0.234 e. The first-order valence-electron chi connectivity index (χ1n) is 5.14. The molecule has 5 heteroatoms. The zero-order valence-corrected chi connectivity index (χ0v) is 9.21. The molecule has 15 heavy (non-hydrogen) atoms. The molecule has 0 aliphatic carbocycles. The molecule has 0 aliphatic heterocycles. The normalized spacial score (nSPS) is 9.60. The summed E-state index contributed by atoms with van der Waals surface area (Å²) in [6.07, 6.45) is 2.40. The lowest BCUT2D eigenvalue weighted by Crippen LogP contribution is -2.35. The van der Waals surface area contributed by atoms with Gasteiger partial charge in [0.05, 0.1) is 19.2 Å². The third-order valence-corrected chi connectivity index (χ3v) is 1.81. The standard InChI is InChI=1S/C10H19N3O2/c1-15-8-7-13-10(14)9-12-6-4-2-3-5-11/h12H,2-4,6-9H2,1H3,(H,13,14). The lowest BCUT2D eigenvalue weighted by Gasteiger charge is -2.05. The van der Waals surface area contributed by atoms with Crippen LogP contribution in [-0.2, 0) is 9.53 Å². The third-order valence-electron chi connectivity index (χ3n) is 1.81. The quantitative estimate of drug-likeness (QED) is 0.530. The molecule has 0 radical (unpaired) electrons. The van der Waals surface area contributed by atoms with Gasteiger partial charge in [0, 0.05) is 20.1 Å². The molecule has 0 aromatic rings. The van der Waals surface area contributed by atoms with Crippen LogP contribution in [0.5, 0.6) is 0 Å². The number of amides is 1. The topological polar surface area (TPSA) is 74.2 Å². The summed E-state index contributed by atoms with van der Waals surface area (Å²) in [6, 6.07) is 2.08. The highest BCUT2D eigenvalue weighted by molar-refractivity contribution is 5.77. The Morgan fingerprint density at radius 3 is 2.87 bits per heavy atom.